The van der Waals surface area contributed by atoms with Crippen LogP contribution in [0.1, 0.15) is 23.5 Å². The molecule has 0 fully saturated rings. The van der Waals surface area contributed by atoms with Gasteiger partial charge in [-0.1, -0.05) is 0 Å². The van der Waals surface area contributed by atoms with Gasteiger partial charge in [-0.2, -0.15) is 0 Å². The summed E-state index contributed by atoms with van der Waals surface area (Å²) in [5, 5.41) is 9.07. The van der Waals surface area contributed by atoms with Gasteiger partial charge in [0.05, 0.1) is 5.92 Å². The van der Waals surface area contributed by atoms with Gasteiger partial charge in [0.15, 0.2) is 5.82 Å². The Morgan fingerprint density at radius 3 is 2.95 bits per heavy atom. The van der Waals surface area contributed by atoms with Crippen molar-refractivity contribution in [1.82, 2.24) is 19.9 Å². The molecule has 0 amide bonds. The number of carbonyl (C=O) groups is 1. The monoisotopic (exact) mass is 270 g/mol. The van der Waals surface area contributed by atoms with Gasteiger partial charge in [-0.15, -0.1) is 0 Å². The largest absolute Gasteiger partial charge is 0.481 e. The SMILES string of the molecule is Cc1nccc(-c2ncc3c(n2)CCC(C(=O)O)C3)n1. The van der Waals surface area contributed by atoms with Crippen molar-refractivity contribution in [3.8, 4) is 11.5 Å². The lowest BCUT2D eigenvalue weighted by Gasteiger charge is -2.20. The van der Waals surface area contributed by atoms with Crippen LogP contribution in [0.5, 0.6) is 0 Å². The summed E-state index contributed by atoms with van der Waals surface area (Å²) in [4.78, 5) is 28.2. The van der Waals surface area contributed by atoms with Crippen molar-refractivity contribution in [2.75, 3.05) is 0 Å². The van der Waals surface area contributed by atoms with E-state index < -0.39 is 5.97 Å². The van der Waals surface area contributed by atoms with Crippen molar-refractivity contribution < 1.29 is 9.90 Å². The Labute approximate surface area is 116 Å². The summed E-state index contributed by atoms with van der Waals surface area (Å²) in [6, 6.07) is 1.78. The Morgan fingerprint density at radius 1 is 1.35 bits per heavy atom. The second kappa shape index (κ2) is 4.96. The van der Waals surface area contributed by atoms with Gasteiger partial charge in [0.25, 0.3) is 0 Å². The van der Waals surface area contributed by atoms with Gasteiger partial charge in [-0.05, 0) is 37.8 Å². The zero-order valence-corrected chi connectivity index (χ0v) is 11.1. The van der Waals surface area contributed by atoms with Crippen LogP contribution in [0, 0.1) is 12.8 Å². The lowest BCUT2D eigenvalue weighted by molar-refractivity contribution is -0.142. The van der Waals surface area contributed by atoms with E-state index in [2.05, 4.69) is 19.9 Å². The molecule has 1 atom stereocenters. The third kappa shape index (κ3) is 2.36. The molecule has 6 heteroatoms. The minimum absolute atomic E-state index is 0.321. The number of carboxylic acids is 1. The maximum atomic E-state index is 11.0. The summed E-state index contributed by atoms with van der Waals surface area (Å²) in [6.45, 7) is 1.82. The van der Waals surface area contributed by atoms with Crippen LogP contribution in [-0.2, 0) is 17.6 Å². The molecule has 0 spiro atoms. The maximum Gasteiger partial charge on any atom is 0.306 e. The Balaban J connectivity index is 1.93. The molecule has 20 heavy (non-hydrogen) atoms. The number of fused-ring (bicyclic) bond motifs is 1. The molecule has 0 bridgehead atoms. The fraction of sp³-hybridized carbons (Fsp3) is 0.357. The van der Waals surface area contributed by atoms with Gasteiger partial charge in [-0.25, -0.2) is 19.9 Å². The lowest BCUT2D eigenvalue weighted by Crippen LogP contribution is -2.23. The van der Waals surface area contributed by atoms with Crippen molar-refractivity contribution in [3.05, 3.63) is 35.5 Å². The average Bonchev–Trinajstić information content (AvgIpc) is 2.46. The molecule has 1 aliphatic carbocycles. The topological polar surface area (TPSA) is 88.9 Å². The summed E-state index contributed by atoms with van der Waals surface area (Å²) >= 11 is 0. The zero-order valence-electron chi connectivity index (χ0n) is 11.1. The highest BCUT2D eigenvalue weighted by Crippen LogP contribution is 2.25. The van der Waals surface area contributed by atoms with E-state index in [0.29, 0.717) is 36.6 Å². The fourth-order valence-corrected chi connectivity index (χ4v) is 2.42. The summed E-state index contributed by atoms with van der Waals surface area (Å²) in [7, 11) is 0. The first-order chi connectivity index (χ1) is 9.63. The van der Waals surface area contributed by atoms with Crippen molar-refractivity contribution in [3.63, 3.8) is 0 Å². The van der Waals surface area contributed by atoms with Crippen molar-refractivity contribution in [2.24, 2.45) is 5.92 Å². The average molecular weight is 270 g/mol. The first kappa shape index (κ1) is 12.7. The van der Waals surface area contributed by atoms with Crippen LogP contribution in [0.3, 0.4) is 0 Å². The Kier molecular flexibility index (Phi) is 3.14. The number of aliphatic carboxylic acids is 1. The fourth-order valence-electron chi connectivity index (χ4n) is 2.42. The molecule has 0 aliphatic heterocycles. The summed E-state index contributed by atoms with van der Waals surface area (Å²) < 4.78 is 0. The Morgan fingerprint density at radius 2 is 2.20 bits per heavy atom. The molecule has 2 aromatic heterocycles. The van der Waals surface area contributed by atoms with E-state index >= 15 is 0 Å². The van der Waals surface area contributed by atoms with Crippen LogP contribution in [0.15, 0.2) is 18.5 Å². The first-order valence-electron chi connectivity index (χ1n) is 6.51. The molecule has 2 aromatic rings. The van der Waals surface area contributed by atoms with Gasteiger partial charge < -0.3 is 5.11 Å². The van der Waals surface area contributed by atoms with Gasteiger partial charge in [0.2, 0.25) is 0 Å². The standard InChI is InChI=1S/C14H14N4O2/c1-8-15-5-4-12(17-8)13-16-7-10-6-9(14(19)20)2-3-11(10)18-13/h4-5,7,9H,2-3,6H2,1H3,(H,19,20). The lowest BCUT2D eigenvalue weighted by atomic mass is 9.87. The quantitative estimate of drug-likeness (QED) is 0.888. The number of aryl methyl sites for hydroxylation is 2. The van der Waals surface area contributed by atoms with E-state index in [9.17, 15) is 4.79 Å². The van der Waals surface area contributed by atoms with E-state index in [1.54, 1.807) is 18.5 Å². The predicted molar refractivity (Wildman–Crippen MR) is 70.9 cm³/mol. The number of rotatable bonds is 2. The highest BCUT2D eigenvalue weighted by Gasteiger charge is 2.25. The molecule has 2 heterocycles. The van der Waals surface area contributed by atoms with Gasteiger partial charge in [-0.3, -0.25) is 4.79 Å². The van der Waals surface area contributed by atoms with E-state index in [4.69, 9.17) is 5.11 Å². The van der Waals surface area contributed by atoms with Crippen LogP contribution in [-0.4, -0.2) is 31.0 Å². The minimum Gasteiger partial charge on any atom is -0.481 e. The highest BCUT2D eigenvalue weighted by molar-refractivity contribution is 5.71. The van der Waals surface area contributed by atoms with Crippen molar-refractivity contribution in [1.29, 1.82) is 0 Å². The van der Waals surface area contributed by atoms with Gasteiger partial charge in [0, 0.05) is 18.1 Å². The summed E-state index contributed by atoms with van der Waals surface area (Å²) in [5.41, 5.74) is 2.56. The number of hydrogen-bond donors (Lipinski definition) is 1. The van der Waals surface area contributed by atoms with Gasteiger partial charge in [0.1, 0.15) is 11.5 Å². The first-order valence-corrected chi connectivity index (χ1v) is 6.51. The molecule has 3 rings (SSSR count). The van der Waals surface area contributed by atoms with Crippen LogP contribution in [0.4, 0.5) is 0 Å². The molecule has 6 nitrogen and oxygen atoms in total. The second-order valence-electron chi connectivity index (χ2n) is 4.93. The molecule has 0 saturated heterocycles. The molecule has 0 radical (unpaired) electrons. The summed E-state index contributed by atoms with van der Waals surface area (Å²) in [6.07, 6.45) is 5.21. The number of carboxylic acid groups (broad SMARTS) is 1. The highest BCUT2D eigenvalue weighted by atomic mass is 16.4. The minimum atomic E-state index is -0.744. The molecule has 1 unspecified atom stereocenters. The maximum absolute atomic E-state index is 11.0. The molecular weight excluding hydrogens is 256 g/mol. The normalized spacial score (nSPS) is 17.6. The molecule has 1 N–H and O–H groups in total. The van der Waals surface area contributed by atoms with E-state index in [1.807, 2.05) is 6.92 Å². The molecule has 102 valence electrons. The molecule has 1 aliphatic rings. The zero-order chi connectivity index (χ0) is 14.1. The third-order valence-corrected chi connectivity index (χ3v) is 3.50. The summed E-state index contributed by atoms with van der Waals surface area (Å²) in [5.74, 6) is 0.183. The van der Waals surface area contributed by atoms with Crippen molar-refractivity contribution >= 4 is 5.97 Å². The smallest absolute Gasteiger partial charge is 0.306 e. The van der Waals surface area contributed by atoms with Crippen LogP contribution in [0.2, 0.25) is 0 Å². The second-order valence-corrected chi connectivity index (χ2v) is 4.93. The van der Waals surface area contributed by atoms with E-state index in [1.165, 1.54) is 0 Å². The Hall–Kier alpha value is -2.37. The molecule has 0 aromatic carbocycles. The number of hydrogen-bond acceptors (Lipinski definition) is 5. The predicted octanol–water partition coefficient (Wildman–Crippen LogP) is 1.43. The van der Waals surface area contributed by atoms with Crippen LogP contribution in [0.25, 0.3) is 11.5 Å². The van der Waals surface area contributed by atoms with Gasteiger partial charge >= 0.3 is 5.97 Å². The van der Waals surface area contributed by atoms with E-state index in [-0.39, 0.29) is 5.92 Å². The molecular formula is C14H14N4O2. The number of nitrogens with zero attached hydrogens (tertiary/aromatic N) is 4. The van der Waals surface area contributed by atoms with E-state index in [0.717, 1.165) is 11.3 Å². The van der Waals surface area contributed by atoms with Crippen LogP contribution < -0.4 is 0 Å². The molecule has 0 saturated carbocycles. The van der Waals surface area contributed by atoms with Crippen LogP contribution >= 0.6 is 0 Å². The third-order valence-electron chi connectivity index (χ3n) is 3.50. The number of aromatic nitrogens is 4. The Bertz CT molecular complexity index is 672. The van der Waals surface area contributed by atoms with Crippen molar-refractivity contribution in [2.45, 2.75) is 26.2 Å².